The number of aromatic nitrogens is 4. The van der Waals surface area contributed by atoms with E-state index in [-0.39, 0.29) is 11.9 Å². The highest BCUT2D eigenvalue weighted by molar-refractivity contribution is 5.93. The topological polar surface area (TPSA) is 67.7 Å². The van der Waals surface area contributed by atoms with Crippen LogP contribution in [0.1, 0.15) is 31.5 Å². The van der Waals surface area contributed by atoms with Crippen LogP contribution in [-0.4, -0.2) is 25.6 Å². The Morgan fingerprint density at radius 3 is 2.53 bits per heavy atom. The van der Waals surface area contributed by atoms with Crippen LogP contribution >= 0.6 is 0 Å². The van der Waals surface area contributed by atoms with E-state index in [2.05, 4.69) is 28.6 Å². The van der Waals surface area contributed by atoms with Gasteiger partial charge in [-0.15, -0.1) is 0 Å². The van der Waals surface area contributed by atoms with Crippen molar-refractivity contribution in [3.8, 4) is 11.1 Å². The summed E-state index contributed by atoms with van der Waals surface area (Å²) >= 11 is 0. The molecule has 2 aromatic heterocycles. The molecule has 2 heterocycles. The lowest BCUT2D eigenvalue weighted by Crippen LogP contribution is -2.12. The predicted octanol–water partition coefficient (Wildman–Crippen LogP) is 4.92. The van der Waals surface area contributed by atoms with E-state index in [4.69, 9.17) is 9.97 Å². The molecule has 0 radical (unpaired) electrons. The molecule has 30 heavy (non-hydrogen) atoms. The molecule has 1 atom stereocenters. The Morgan fingerprint density at radius 2 is 1.83 bits per heavy atom. The monoisotopic (exact) mass is 402 g/mol. The number of halogens is 1. The van der Waals surface area contributed by atoms with Gasteiger partial charge in [-0.05, 0) is 55.2 Å². The SMILES string of the molecule is CC(Nc1nc(NC2CC2)nc2ccc(-c3ccc(F)cc3)cc12)c1cn(C)cn1. The van der Waals surface area contributed by atoms with Crippen LogP contribution in [0.25, 0.3) is 22.0 Å². The Bertz CT molecular complexity index is 1200. The molecule has 0 saturated heterocycles. The number of rotatable bonds is 6. The number of aryl methyl sites for hydroxylation is 1. The summed E-state index contributed by atoms with van der Waals surface area (Å²) in [5, 5.41) is 7.82. The van der Waals surface area contributed by atoms with Crippen molar-refractivity contribution in [2.75, 3.05) is 10.6 Å². The smallest absolute Gasteiger partial charge is 0.225 e. The highest BCUT2D eigenvalue weighted by Crippen LogP contribution is 2.31. The van der Waals surface area contributed by atoms with Crippen molar-refractivity contribution < 1.29 is 4.39 Å². The fraction of sp³-hybridized carbons (Fsp3) is 0.261. The Labute approximate surface area is 174 Å². The zero-order valence-corrected chi connectivity index (χ0v) is 16.9. The molecule has 4 aromatic rings. The summed E-state index contributed by atoms with van der Waals surface area (Å²) in [5.74, 6) is 1.14. The van der Waals surface area contributed by atoms with Crippen molar-refractivity contribution in [2.24, 2.45) is 7.05 Å². The Hall–Kier alpha value is -3.48. The van der Waals surface area contributed by atoms with E-state index in [9.17, 15) is 4.39 Å². The minimum atomic E-state index is -0.245. The van der Waals surface area contributed by atoms with E-state index in [1.54, 1.807) is 18.5 Å². The third kappa shape index (κ3) is 3.83. The van der Waals surface area contributed by atoms with Crippen LogP contribution in [0.4, 0.5) is 16.2 Å². The lowest BCUT2D eigenvalue weighted by Gasteiger charge is -2.16. The number of imidazole rings is 1. The summed E-state index contributed by atoms with van der Waals surface area (Å²) in [5.41, 5.74) is 3.73. The summed E-state index contributed by atoms with van der Waals surface area (Å²) in [6, 6.07) is 13.0. The van der Waals surface area contributed by atoms with Crippen molar-refractivity contribution in [1.82, 2.24) is 19.5 Å². The van der Waals surface area contributed by atoms with Gasteiger partial charge in [0.2, 0.25) is 5.95 Å². The summed E-state index contributed by atoms with van der Waals surface area (Å²) < 4.78 is 15.3. The van der Waals surface area contributed by atoms with Gasteiger partial charge in [0.05, 0.1) is 23.6 Å². The van der Waals surface area contributed by atoms with Gasteiger partial charge in [-0.1, -0.05) is 18.2 Å². The quantitative estimate of drug-likeness (QED) is 0.479. The van der Waals surface area contributed by atoms with Crippen molar-refractivity contribution in [2.45, 2.75) is 31.8 Å². The van der Waals surface area contributed by atoms with Gasteiger partial charge in [-0.25, -0.2) is 14.4 Å². The summed E-state index contributed by atoms with van der Waals surface area (Å²) in [4.78, 5) is 13.9. The number of hydrogen-bond acceptors (Lipinski definition) is 5. The fourth-order valence-electron chi connectivity index (χ4n) is 3.47. The predicted molar refractivity (Wildman–Crippen MR) is 117 cm³/mol. The minimum Gasteiger partial charge on any atom is -0.361 e. The molecule has 1 unspecified atom stereocenters. The maximum atomic E-state index is 13.3. The third-order valence-electron chi connectivity index (χ3n) is 5.31. The Morgan fingerprint density at radius 1 is 1.07 bits per heavy atom. The number of benzene rings is 2. The van der Waals surface area contributed by atoms with Gasteiger partial charge < -0.3 is 15.2 Å². The van der Waals surface area contributed by atoms with Gasteiger partial charge >= 0.3 is 0 Å². The lowest BCUT2D eigenvalue weighted by molar-refractivity contribution is 0.628. The fourth-order valence-corrected chi connectivity index (χ4v) is 3.47. The Kier molecular flexibility index (Phi) is 4.58. The minimum absolute atomic E-state index is 0.0208. The van der Waals surface area contributed by atoms with Crippen LogP contribution in [0.5, 0.6) is 0 Å². The second-order valence-corrected chi connectivity index (χ2v) is 7.88. The molecule has 1 fully saturated rings. The number of nitrogens with one attached hydrogen (secondary N) is 2. The molecule has 5 rings (SSSR count). The van der Waals surface area contributed by atoms with Crippen LogP contribution < -0.4 is 10.6 Å². The van der Waals surface area contributed by atoms with E-state index in [0.29, 0.717) is 12.0 Å². The molecule has 2 N–H and O–H groups in total. The van der Waals surface area contributed by atoms with E-state index >= 15 is 0 Å². The number of anilines is 2. The van der Waals surface area contributed by atoms with Crippen LogP contribution in [0.15, 0.2) is 55.0 Å². The Balaban J connectivity index is 1.56. The van der Waals surface area contributed by atoms with E-state index < -0.39 is 0 Å². The number of fused-ring (bicyclic) bond motifs is 1. The van der Waals surface area contributed by atoms with Gasteiger partial charge in [0.1, 0.15) is 11.6 Å². The van der Waals surface area contributed by atoms with Crippen LogP contribution in [-0.2, 0) is 7.05 Å². The summed E-state index contributed by atoms with van der Waals surface area (Å²) in [6.07, 6.45) is 6.09. The maximum Gasteiger partial charge on any atom is 0.225 e. The molecule has 1 aliphatic carbocycles. The van der Waals surface area contributed by atoms with E-state index in [1.165, 1.54) is 12.1 Å². The first-order valence-corrected chi connectivity index (χ1v) is 10.1. The van der Waals surface area contributed by atoms with Crippen molar-refractivity contribution in [3.63, 3.8) is 0 Å². The molecular weight excluding hydrogens is 379 g/mol. The van der Waals surface area contributed by atoms with Gasteiger partial charge in [-0.2, -0.15) is 4.98 Å². The molecular formula is C23H23FN6. The van der Waals surface area contributed by atoms with Crippen molar-refractivity contribution in [1.29, 1.82) is 0 Å². The highest BCUT2D eigenvalue weighted by Gasteiger charge is 2.23. The molecule has 7 heteroatoms. The average Bonchev–Trinajstić information content (AvgIpc) is 3.44. The molecule has 152 valence electrons. The van der Waals surface area contributed by atoms with Crippen molar-refractivity contribution >= 4 is 22.7 Å². The summed E-state index contributed by atoms with van der Waals surface area (Å²) in [6.45, 7) is 2.06. The molecule has 1 saturated carbocycles. The first-order valence-electron chi connectivity index (χ1n) is 10.1. The molecule has 0 bridgehead atoms. The van der Waals surface area contributed by atoms with Crippen LogP contribution in [0, 0.1) is 5.82 Å². The molecule has 0 spiro atoms. The molecule has 0 aliphatic heterocycles. The van der Waals surface area contributed by atoms with E-state index in [0.717, 1.165) is 46.4 Å². The third-order valence-corrected chi connectivity index (χ3v) is 5.31. The van der Waals surface area contributed by atoms with E-state index in [1.807, 2.05) is 29.9 Å². The molecule has 2 aromatic carbocycles. The van der Waals surface area contributed by atoms with Gasteiger partial charge in [0.25, 0.3) is 0 Å². The largest absolute Gasteiger partial charge is 0.361 e. The van der Waals surface area contributed by atoms with Crippen LogP contribution in [0.2, 0.25) is 0 Å². The molecule has 0 amide bonds. The zero-order chi connectivity index (χ0) is 20.7. The molecule has 6 nitrogen and oxygen atoms in total. The van der Waals surface area contributed by atoms with Crippen LogP contribution in [0.3, 0.4) is 0 Å². The normalized spacial score (nSPS) is 14.6. The van der Waals surface area contributed by atoms with Gasteiger partial charge in [0, 0.05) is 24.7 Å². The standard InChI is InChI=1S/C23H23FN6/c1-14(21-12-30(2)13-25-21)26-22-19-11-16(15-3-6-17(24)7-4-15)5-10-20(19)28-23(29-22)27-18-8-9-18/h3-7,10-14,18H,8-9H2,1-2H3,(H2,26,27,28,29). The maximum absolute atomic E-state index is 13.3. The average molecular weight is 402 g/mol. The second kappa shape index (κ2) is 7.40. The molecule has 1 aliphatic rings. The summed E-state index contributed by atoms with van der Waals surface area (Å²) in [7, 11) is 1.95. The number of nitrogens with zero attached hydrogens (tertiary/aromatic N) is 4. The van der Waals surface area contributed by atoms with Gasteiger partial charge in [-0.3, -0.25) is 0 Å². The lowest BCUT2D eigenvalue weighted by atomic mass is 10.0. The zero-order valence-electron chi connectivity index (χ0n) is 16.9. The van der Waals surface area contributed by atoms with Crippen molar-refractivity contribution in [3.05, 3.63) is 66.5 Å². The first-order chi connectivity index (χ1) is 14.5. The highest BCUT2D eigenvalue weighted by atomic mass is 19.1. The number of hydrogen-bond donors (Lipinski definition) is 2. The van der Waals surface area contributed by atoms with Gasteiger partial charge in [0.15, 0.2) is 0 Å². The second-order valence-electron chi connectivity index (χ2n) is 7.88. The first kappa shape index (κ1) is 18.5.